The van der Waals surface area contributed by atoms with Crippen molar-refractivity contribution in [1.82, 2.24) is 0 Å². The molecule has 3 atom stereocenters. The third kappa shape index (κ3) is 4.57. The molecule has 38 heavy (non-hydrogen) atoms. The van der Waals surface area contributed by atoms with E-state index in [4.69, 9.17) is 23.4 Å². The fourth-order valence-electron chi connectivity index (χ4n) is 5.65. The van der Waals surface area contributed by atoms with Crippen molar-refractivity contribution in [3.05, 3.63) is 78.4 Å². The Morgan fingerprint density at radius 1 is 0.947 bits per heavy atom. The number of cyclic esters (lactones) is 1. The van der Waals surface area contributed by atoms with E-state index >= 15 is 0 Å². The van der Waals surface area contributed by atoms with E-state index in [-0.39, 0.29) is 31.0 Å². The predicted octanol–water partition coefficient (Wildman–Crippen LogP) is 3.82. The lowest BCUT2D eigenvalue weighted by molar-refractivity contribution is -0.144. The molecule has 0 saturated carbocycles. The standard InChI is InChI=1S/C30H34O7Si/c1-30(2,3)38(21-11-7-5-8-12-21,22-13-9-6-10-14-22)37-18-20-17-34-29(32)27(20)28(31)23-15-25-26(36-19-35-25)16-24(23)33-4/h5-16,20,27-28,31H,17-19H2,1-4H3/t20-,27+,28-/m1/s1. The third-order valence-electron chi connectivity index (χ3n) is 7.53. The highest BCUT2D eigenvalue weighted by molar-refractivity contribution is 6.99. The van der Waals surface area contributed by atoms with Gasteiger partial charge in [-0.15, -0.1) is 0 Å². The second-order valence-electron chi connectivity index (χ2n) is 10.8. The Bertz CT molecular complexity index is 1230. The number of hydrogen-bond acceptors (Lipinski definition) is 7. The fraction of sp³-hybridized carbons (Fsp3) is 0.367. The number of aliphatic hydroxyl groups excluding tert-OH is 1. The Labute approximate surface area is 224 Å². The van der Waals surface area contributed by atoms with Gasteiger partial charge < -0.3 is 28.5 Å². The smallest absolute Gasteiger partial charge is 0.312 e. The number of methoxy groups -OCH3 is 1. The maximum Gasteiger partial charge on any atom is 0.312 e. The predicted molar refractivity (Wildman–Crippen MR) is 146 cm³/mol. The summed E-state index contributed by atoms with van der Waals surface area (Å²) in [7, 11) is -1.31. The van der Waals surface area contributed by atoms with Gasteiger partial charge >= 0.3 is 5.97 Å². The molecule has 8 heteroatoms. The zero-order valence-electron chi connectivity index (χ0n) is 22.2. The lowest BCUT2D eigenvalue weighted by Gasteiger charge is -2.43. The van der Waals surface area contributed by atoms with Crippen LogP contribution < -0.4 is 24.6 Å². The third-order valence-corrected chi connectivity index (χ3v) is 12.5. The number of carbonyl (C=O) groups excluding carboxylic acids is 1. The van der Waals surface area contributed by atoms with Gasteiger partial charge in [-0.2, -0.15) is 0 Å². The highest BCUT2D eigenvalue weighted by Crippen LogP contribution is 2.45. The van der Waals surface area contributed by atoms with Gasteiger partial charge in [0.05, 0.1) is 25.7 Å². The van der Waals surface area contributed by atoms with Crippen LogP contribution in [-0.4, -0.2) is 46.5 Å². The van der Waals surface area contributed by atoms with E-state index in [1.165, 1.54) is 7.11 Å². The van der Waals surface area contributed by atoms with Gasteiger partial charge in [0.25, 0.3) is 8.32 Å². The first kappa shape index (κ1) is 26.3. The van der Waals surface area contributed by atoms with Gasteiger partial charge in [0.2, 0.25) is 6.79 Å². The number of carbonyl (C=O) groups is 1. The molecule has 1 saturated heterocycles. The lowest BCUT2D eigenvalue weighted by Crippen LogP contribution is -2.67. The van der Waals surface area contributed by atoms with Crippen LogP contribution in [0.3, 0.4) is 0 Å². The number of rotatable bonds is 8. The summed E-state index contributed by atoms with van der Waals surface area (Å²) in [6.07, 6.45) is -1.16. The summed E-state index contributed by atoms with van der Waals surface area (Å²) < 4.78 is 29.0. The van der Waals surface area contributed by atoms with Crippen molar-refractivity contribution >= 4 is 24.7 Å². The molecule has 0 spiro atoms. The Morgan fingerprint density at radius 2 is 1.53 bits per heavy atom. The minimum atomic E-state index is -2.82. The minimum absolute atomic E-state index is 0.0957. The summed E-state index contributed by atoms with van der Waals surface area (Å²) in [4.78, 5) is 13.0. The lowest BCUT2D eigenvalue weighted by atomic mass is 9.86. The first-order chi connectivity index (χ1) is 18.3. The van der Waals surface area contributed by atoms with Crippen LogP contribution in [-0.2, 0) is 14.0 Å². The van der Waals surface area contributed by atoms with Crippen molar-refractivity contribution in [2.75, 3.05) is 27.1 Å². The normalized spacial score (nSPS) is 19.8. The Morgan fingerprint density at radius 3 is 2.08 bits per heavy atom. The highest BCUT2D eigenvalue weighted by Gasteiger charge is 2.52. The van der Waals surface area contributed by atoms with E-state index < -0.39 is 26.3 Å². The van der Waals surface area contributed by atoms with Crippen LogP contribution in [0.15, 0.2) is 72.8 Å². The van der Waals surface area contributed by atoms with Crippen LogP contribution in [0.2, 0.25) is 5.04 Å². The van der Waals surface area contributed by atoms with Crippen LogP contribution in [0.5, 0.6) is 17.2 Å². The number of esters is 1. The van der Waals surface area contributed by atoms with Crippen molar-refractivity contribution in [3.63, 3.8) is 0 Å². The Hall–Kier alpha value is -3.33. The van der Waals surface area contributed by atoms with Gasteiger partial charge in [0, 0.05) is 24.2 Å². The maximum atomic E-state index is 13.0. The van der Waals surface area contributed by atoms with Crippen LogP contribution >= 0.6 is 0 Å². The van der Waals surface area contributed by atoms with Gasteiger partial charge in [-0.05, 0) is 21.5 Å². The first-order valence-electron chi connectivity index (χ1n) is 12.8. The number of ether oxygens (including phenoxy) is 4. The van der Waals surface area contributed by atoms with Crippen molar-refractivity contribution in [2.24, 2.45) is 11.8 Å². The van der Waals surface area contributed by atoms with Gasteiger partial charge in [-0.3, -0.25) is 4.79 Å². The quantitative estimate of drug-likeness (QED) is 0.348. The molecule has 0 radical (unpaired) electrons. The Kier molecular flexibility index (Phi) is 7.22. The molecule has 200 valence electrons. The largest absolute Gasteiger partial charge is 0.496 e. The van der Waals surface area contributed by atoms with E-state index in [1.54, 1.807) is 12.1 Å². The van der Waals surface area contributed by atoms with Gasteiger partial charge in [0.1, 0.15) is 5.75 Å². The summed E-state index contributed by atoms with van der Waals surface area (Å²) in [5.74, 6) is -0.150. The van der Waals surface area contributed by atoms with Crippen LogP contribution in [0, 0.1) is 11.8 Å². The molecule has 2 heterocycles. The van der Waals surface area contributed by atoms with Crippen molar-refractivity contribution in [1.29, 1.82) is 0 Å². The molecule has 3 aromatic rings. The van der Waals surface area contributed by atoms with E-state index in [2.05, 4.69) is 45.0 Å². The molecular weight excluding hydrogens is 500 g/mol. The SMILES string of the molecule is COc1cc2c(cc1[C@@H](O)[C@H]1C(=O)OC[C@@H]1CO[Si](c1ccccc1)(c1ccccc1)C(C)(C)C)OCO2. The Balaban J connectivity index is 1.49. The summed E-state index contributed by atoms with van der Waals surface area (Å²) in [6.45, 7) is 7.15. The number of fused-ring (bicyclic) bond motifs is 1. The molecule has 1 N–H and O–H groups in total. The molecule has 1 fully saturated rings. The second kappa shape index (κ2) is 10.4. The molecule has 0 bridgehead atoms. The molecular formula is C30H34O7Si. The molecule has 0 amide bonds. The molecule has 0 aromatic heterocycles. The zero-order valence-corrected chi connectivity index (χ0v) is 23.2. The van der Waals surface area contributed by atoms with Crippen LogP contribution in [0.25, 0.3) is 0 Å². The minimum Gasteiger partial charge on any atom is -0.496 e. The second-order valence-corrected chi connectivity index (χ2v) is 15.1. The molecule has 7 nitrogen and oxygen atoms in total. The molecule has 0 unspecified atom stereocenters. The fourth-order valence-corrected chi connectivity index (χ4v) is 10.3. The molecule has 0 aliphatic carbocycles. The maximum absolute atomic E-state index is 13.0. The average molecular weight is 535 g/mol. The first-order valence-corrected chi connectivity index (χ1v) is 14.7. The van der Waals surface area contributed by atoms with Crippen molar-refractivity contribution in [3.8, 4) is 17.2 Å². The van der Waals surface area contributed by atoms with Crippen LogP contribution in [0.4, 0.5) is 0 Å². The zero-order chi connectivity index (χ0) is 26.9. The molecule has 5 rings (SSSR count). The van der Waals surface area contributed by atoms with Gasteiger partial charge in [0.15, 0.2) is 11.5 Å². The molecule has 2 aliphatic heterocycles. The van der Waals surface area contributed by atoms with Crippen LogP contribution in [0.1, 0.15) is 32.4 Å². The van der Waals surface area contributed by atoms with Crippen molar-refractivity contribution < 1.29 is 33.3 Å². The van der Waals surface area contributed by atoms with Gasteiger partial charge in [-0.25, -0.2) is 0 Å². The number of benzene rings is 3. The van der Waals surface area contributed by atoms with E-state index in [9.17, 15) is 9.90 Å². The summed E-state index contributed by atoms with van der Waals surface area (Å²) in [6, 6.07) is 24.0. The average Bonchev–Trinajstić information content (AvgIpc) is 3.54. The molecule has 2 aliphatic rings. The number of aliphatic hydroxyl groups is 1. The molecule has 3 aromatic carbocycles. The van der Waals surface area contributed by atoms with E-state index in [1.807, 2.05) is 36.4 Å². The topological polar surface area (TPSA) is 83.5 Å². The van der Waals surface area contributed by atoms with E-state index in [0.29, 0.717) is 22.8 Å². The van der Waals surface area contributed by atoms with Crippen molar-refractivity contribution in [2.45, 2.75) is 31.9 Å². The highest BCUT2D eigenvalue weighted by atomic mass is 28.4. The monoisotopic (exact) mass is 534 g/mol. The summed E-state index contributed by atoms with van der Waals surface area (Å²) in [5, 5.41) is 13.6. The summed E-state index contributed by atoms with van der Waals surface area (Å²) >= 11 is 0. The number of hydrogen-bond donors (Lipinski definition) is 1. The summed E-state index contributed by atoms with van der Waals surface area (Å²) in [5.41, 5.74) is 0.455. The van der Waals surface area contributed by atoms with E-state index in [0.717, 1.165) is 10.4 Å². The van der Waals surface area contributed by atoms with Gasteiger partial charge in [-0.1, -0.05) is 81.4 Å².